The van der Waals surface area contributed by atoms with Crippen LogP contribution in [0.4, 0.5) is 5.69 Å². The third-order valence-corrected chi connectivity index (χ3v) is 5.46. The Morgan fingerprint density at radius 2 is 2.04 bits per heavy atom. The van der Waals surface area contributed by atoms with Crippen molar-refractivity contribution in [2.45, 2.75) is 6.42 Å². The van der Waals surface area contributed by atoms with Crippen LogP contribution in [0.5, 0.6) is 0 Å². The number of thiophene rings is 1. The van der Waals surface area contributed by atoms with Gasteiger partial charge < -0.3 is 10.2 Å². The second-order valence-electron chi connectivity index (χ2n) is 6.61. The number of aromatic amines is 1. The molecule has 2 N–H and O–H groups in total. The van der Waals surface area contributed by atoms with Crippen LogP contribution in [0.3, 0.4) is 0 Å². The predicted molar refractivity (Wildman–Crippen MR) is 109 cm³/mol. The minimum atomic E-state index is 0.0174. The molecule has 0 aliphatic heterocycles. The molecule has 2 aromatic carbocycles. The maximum atomic E-state index is 12.2. The van der Waals surface area contributed by atoms with Gasteiger partial charge in [0.2, 0.25) is 5.91 Å². The molecule has 2 aromatic heterocycles. The number of amides is 1. The van der Waals surface area contributed by atoms with Crippen molar-refractivity contribution in [3.8, 4) is 10.4 Å². The number of H-pyrrole nitrogens is 1. The van der Waals surface area contributed by atoms with Crippen molar-refractivity contribution in [3.05, 3.63) is 48.7 Å². The van der Waals surface area contributed by atoms with Crippen LogP contribution in [0.25, 0.3) is 31.4 Å². The van der Waals surface area contributed by atoms with Gasteiger partial charge in [-0.05, 0) is 43.7 Å². The summed E-state index contributed by atoms with van der Waals surface area (Å²) in [6.45, 7) is 0.725. The molecule has 4 rings (SSSR count). The lowest BCUT2D eigenvalue weighted by Gasteiger charge is -2.11. The zero-order valence-electron chi connectivity index (χ0n) is 14.7. The van der Waals surface area contributed by atoms with Crippen molar-refractivity contribution in [2.24, 2.45) is 0 Å². The normalized spacial score (nSPS) is 11.5. The molecule has 5 nitrogen and oxygen atoms in total. The molecule has 0 aliphatic carbocycles. The first kappa shape index (κ1) is 16.8. The smallest absolute Gasteiger partial charge is 0.225 e. The zero-order valence-corrected chi connectivity index (χ0v) is 15.6. The van der Waals surface area contributed by atoms with Crippen molar-refractivity contribution in [2.75, 3.05) is 26.0 Å². The fourth-order valence-corrected chi connectivity index (χ4v) is 4.07. The molecule has 0 unspecified atom stereocenters. The second kappa shape index (κ2) is 6.90. The number of rotatable bonds is 5. The van der Waals surface area contributed by atoms with Gasteiger partial charge >= 0.3 is 0 Å². The summed E-state index contributed by atoms with van der Waals surface area (Å²) >= 11 is 1.74. The van der Waals surface area contributed by atoms with E-state index < -0.39 is 0 Å². The van der Waals surface area contributed by atoms with Crippen LogP contribution in [0.15, 0.2) is 48.7 Å². The van der Waals surface area contributed by atoms with Crippen LogP contribution in [-0.2, 0) is 4.79 Å². The highest BCUT2D eigenvalue weighted by atomic mass is 32.1. The highest BCUT2D eigenvalue weighted by Gasteiger charge is 2.13. The summed E-state index contributed by atoms with van der Waals surface area (Å²) in [6.07, 6.45) is 2.26. The minimum Gasteiger partial charge on any atom is -0.326 e. The topological polar surface area (TPSA) is 61.0 Å². The van der Waals surface area contributed by atoms with Crippen molar-refractivity contribution in [3.63, 3.8) is 0 Å². The van der Waals surface area contributed by atoms with Gasteiger partial charge in [-0.3, -0.25) is 9.89 Å². The number of hydrogen-bond donors (Lipinski definition) is 2. The van der Waals surface area contributed by atoms with Crippen LogP contribution in [0.2, 0.25) is 0 Å². The SMILES string of the molecule is CN(C)CCC(=O)Nc1cc(-c2cc3ccccc3s2)c2[nH]ncc2c1. The Kier molecular flexibility index (Phi) is 4.44. The van der Waals surface area contributed by atoms with E-state index >= 15 is 0 Å². The third-order valence-electron chi connectivity index (χ3n) is 4.31. The molecule has 0 fully saturated rings. The summed E-state index contributed by atoms with van der Waals surface area (Å²) in [7, 11) is 3.93. The summed E-state index contributed by atoms with van der Waals surface area (Å²) in [4.78, 5) is 15.4. The van der Waals surface area contributed by atoms with E-state index in [0.717, 1.165) is 33.6 Å². The molecule has 0 saturated heterocycles. The van der Waals surface area contributed by atoms with Crippen LogP contribution in [0, 0.1) is 0 Å². The molecule has 2 heterocycles. The zero-order chi connectivity index (χ0) is 18.1. The standard InChI is InChI=1S/C20H20N4OS/c1-24(2)8-7-19(25)22-15-9-14-12-21-23-20(14)16(11-15)18-10-13-5-3-4-6-17(13)26-18/h3-6,9-12H,7-8H2,1-2H3,(H,21,23)(H,22,25). The van der Waals surface area contributed by atoms with E-state index in [4.69, 9.17) is 0 Å². The first-order valence-electron chi connectivity index (χ1n) is 8.51. The maximum Gasteiger partial charge on any atom is 0.225 e. The lowest BCUT2D eigenvalue weighted by molar-refractivity contribution is -0.116. The number of nitrogens with one attached hydrogen (secondary N) is 2. The molecule has 0 aliphatic rings. The Hall–Kier alpha value is -2.70. The molecule has 0 atom stereocenters. The van der Waals surface area contributed by atoms with Gasteiger partial charge in [0.15, 0.2) is 0 Å². The Bertz CT molecular complexity index is 1050. The number of fused-ring (bicyclic) bond motifs is 2. The van der Waals surface area contributed by atoms with Gasteiger partial charge in [-0.1, -0.05) is 18.2 Å². The quantitative estimate of drug-likeness (QED) is 0.554. The largest absolute Gasteiger partial charge is 0.326 e. The summed E-state index contributed by atoms with van der Waals surface area (Å²) in [5.74, 6) is 0.0174. The number of benzene rings is 2. The predicted octanol–water partition coefficient (Wildman–Crippen LogP) is 4.33. The Morgan fingerprint density at radius 1 is 1.19 bits per heavy atom. The van der Waals surface area contributed by atoms with Crippen molar-refractivity contribution in [1.82, 2.24) is 15.1 Å². The third kappa shape index (κ3) is 3.34. The lowest BCUT2D eigenvalue weighted by atomic mass is 10.1. The van der Waals surface area contributed by atoms with E-state index in [2.05, 4.69) is 39.8 Å². The van der Waals surface area contributed by atoms with E-state index in [1.807, 2.05) is 37.2 Å². The van der Waals surface area contributed by atoms with Gasteiger partial charge in [0, 0.05) is 39.2 Å². The first-order chi connectivity index (χ1) is 12.6. The maximum absolute atomic E-state index is 12.2. The van der Waals surface area contributed by atoms with E-state index in [1.54, 1.807) is 17.5 Å². The Morgan fingerprint density at radius 3 is 2.85 bits per heavy atom. The first-order valence-corrected chi connectivity index (χ1v) is 9.32. The average Bonchev–Trinajstić information content (AvgIpc) is 3.25. The minimum absolute atomic E-state index is 0.0174. The molecule has 6 heteroatoms. The van der Waals surface area contributed by atoms with Crippen LogP contribution in [-0.4, -0.2) is 41.6 Å². The van der Waals surface area contributed by atoms with Gasteiger partial charge in [0.05, 0.1) is 11.7 Å². The van der Waals surface area contributed by atoms with Gasteiger partial charge in [-0.15, -0.1) is 11.3 Å². The van der Waals surface area contributed by atoms with Crippen molar-refractivity contribution < 1.29 is 4.79 Å². The molecule has 132 valence electrons. The van der Waals surface area contributed by atoms with Crippen molar-refractivity contribution in [1.29, 1.82) is 0 Å². The Balaban J connectivity index is 1.72. The average molecular weight is 364 g/mol. The molecule has 1 amide bonds. The fourth-order valence-electron chi connectivity index (χ4n) is 2.99. The highest BCUT2D eigenvalue weighted by Crippen LogP contribution is 2.38. The molecule has 0 radical (unpaired) electrons. The summed E-state index contributed by atoms with van der Waals surface area (Å²) in [5, 5.41) is 12.5. The second-order valence-corrected chi connectivity index (χ2v) is 7.69. The van der Waals surface area contributed by atoms with E-state index in [-0.39, 0.29) is 5.91 Å². The summed E-state index contributed by atoms with van der Waals surface area (Å²) < 4.78 is 1.25. The summed E-state index contributed by atoms with van der Waals surface area (Å²) in [6, 6.07) is 14.5. The van der Waals surface area contributed by atoms with Crippen LogP contribution < -0.4 is 5.32 Å². The molecular formula is C20H20N4OS. The van der Waals surface area contributed by atoms with Gasteiger partial charge in [0.1, 0.15) is 0 Å². The molecular weight excluding hydrogens is 344 g/mol. The number of aromatic nitrogens is 2. The van der Waals surface area contributed by atoms with Crippen LogP contribution in [0.1, 0.15) is 6.42 Å². The highest BCUT2D eigenvalue weighted by molar-refractivity contribution is 7.22. The van der Waals surface area contributed by atoms with Gasteiger partial charge in [-0.2, -0.15) is 5.10 Å². The number of carbonyl (C=O) groups is 1. The van der Waals surface area contributed by atoms with Crippen molar-refractivity contribution >= 4 is 43.9 Å². The summed E-state index contributed by atoms with van der Waals surface area (Å²) in [5.41, 5.74) is 2.85. The van der Waals surface area contributed by atoms with Gasteiger partial charge in [-0.25, -0.2) is 0 Å². The number of hydrogen-bond acceptors (Lipinski definition) is 4. The Labute approximate surface area is 155 Å². The molecule has 0 spiro atoms. The number of nitrogens with zero attached hydrogens (tertiary/aromatic N) is 2. The monoisotopic (exact) mass is 364 g/mol. The number of anilines is 1. The molecule has 4 aromatic rings. The molecule has 0 bridgehead atoms. The molecule has 0 saturated carbocycles. The van der Waals surface area contributed by atoms with E-state index in [9.17, 15) is 4.79 Å². The van der Waals surface area contributed by atoms with E-state index in [0.29, 0.717) is 6.42 Å². The van der Waals surface area contributed by atoms with Gasteiger partial charge in [0.25, 0.3) is 0 Å². The number of carbonyl (C=O) groups excluding carboxylic acids is 1. The molecule has 26 heavy (non-hydrogen) atoms. The lowest BCUT2D eigenvalue weighted by Crippen LogP contribution is -2.20. The fraction of sp³-hybridized carbons (Fsp3) is 0.200. The van der Waals surface area contributed by atoms with E-state index in [1.165, 1.54) is 10.1 Å². The van der Waals surface area contributed by atoms with Crippen LogP contribution >= 0.6 is 11.3 Å².